The third-order valence-electron chi connectivity index (χ3n) is 6.05. The zero-order valence-corrected chi connectivity index (χ0v) is 20.3. The average Bonchev–Trinajstić information content (AvgIpc) is 2.87. The van der Waals surface area contributed by atoms with E-state index in [1.54, 1.807) is 30.3 Å². The normalized spacial score (nSPS) is 19.1. The number of sulfonamides is 1. The Morgan fingerprint density at radius 2 is 1.79 bits per heavy atom. The van der Waals surface area contributed by atoms with Crippen LogP contribution in [0, 0.1) is 5.92 Å². The van der Waals surface area contributed by atoms with Gasteiger partial charge in [0.25, 0.3) is 0 Å². The number of para-hydroxylation sites is 2. The lowest BCUT2D eigenvalue weighted by Crippen LogP contribution is -2.51. The standard InChI is InChI=1S/C23H25ClN2O7S/c1-31-19-8-7-16(24)13-21(19)34(29,30)25-11-9-15(10-12-25)22(27)26-14-20(23(28)32-2)33-18-6-4-3-5-17(18)26/h3-8,13,15,20H,9-12,14H2,1-2H3/t20-/m1/s1. The molecule has 0 aromatic heterocycles. The van der Waals surface area contributed by atoms with Gasteiger partial charge in [-0.1, -0.05) is 23.7 Å². The number of fused-ring (bicyclic) bond motifs is 1. The Morgan fingerprint density at radius 1 is 1.09 bits per heavy atom. The van der Waals surface area contributed by atoms with Crippen LogP contribution in [-0.2, 0) is 24.3 Å². The molecule has 182 valence electrons. The summed E-state index contributed by atoms with van der Waals surface area (Å²) in [4.78, 5) is 27.1. The van der Waals surface area contributed by atoms with Gasteiger partial charge in [0.15, 0.2) is 0 Å². The van der Waals surface area contributed by atoms with Crippen molar-refractivity contribution in [2.75, 3.05) is 38.8 Å². The van der Waals surface area contributed by atoms with Gasteiger partial charge < -0.3 is 19.1 Å². The van der Waals surface area contributed by atoms with Gasteiger partial charge in [0.1, 0.15) is 16.4 Å². The predicted molar refractivity (Wildman–Crippen MR) is 125 cm³/mol. The molecule has 2 aliphatic heterocycles. The molecule has 1 fully saturated rings. The first-order valence-corrected chi connectivity index (χ1v) is 12.6. The van der Waals surface area contributed by atoms with E-state index in [4.69, 9.17) is 25.8 Å². The molecular weight excluding hydrogens is 484 g/mol. The number of carbonyl (C=O) groups excluding carboxylic acids is 2. The van der Waals surface area contributed by atoms with E-state index in [1.807, 2.05) is 0 Å². The second-order valence-electron chi connectivity index (χ2n) is 8.02. The number of ether oxygens (including phenoxy) is 3. The molecule has 0 unspecified atom stereocenters. The first-order valence-electron chi connectivity index (χ1n) is 10.7. The summed E-state index contributed by atoms with van der Waals surface area (Å²) in [6.45, 7) is 0.363. The number of hydrogen-bond acceptors (Lipinski definition) is 7. The Labute approximate surface area is 203 Å². The van der Waals surface area contributed by atoms with Crippen LogP contribution < -0.4 is 14.4 Å². The maximum absolute atomic E-state index is 13.5. The minimum atomic E-state index is -3.86. The number of amides is 1. The van der Waals surface area contributed by atoms with Crippen LogP contribution in [0.1, 0.15) is 12.8 Å². The topological polar surface area (TPSA) is 102 Å². The fraction of sp³-hybridized carbons (Fsp3) is 0.391. The van der Waals surface area contributed by atoms with Crippen molar-refractivity contribution < 1.29 is 32.2 Å². The monoisotopic (exact) mass is 508 g/mol. The molecule has 0 aliphatic carbocycles. The summed E-state index contributed by atoms with van der Waals surface area (Å²) < 4.78 is 43.5. The summed E-state index contributed by atoms with van der Waals surface area (Å²) in [6.07, 6.45) is -0.258. The number of methoxy groups -OCH3 is 2. The molecule has 0 saturated carbocycles. The molecule has 1 atom stereocenters. The van der Waals surface area contributed by atoms with Crippen molar-refractivity contribution in [1.29, 1.82) is 0 Å². The number of halogens is 1. The molecule has 2 aromatic rings. The molecule has 0 N–H and O–H groups in total. The van der Waals surface area contributed by atoms with Crippen molar-refractivity contribution in [3.63, 3.8) is 0 Å². The lowest BCUT2D eigenvalue weighted by Gasteiger charge is -2.37. The predicted octanol–water partition coefficient (Wildman–Crippen LogP) is 2.72. The quantitative estimate of drug-likeness (QED) is 0.572. The van der Waals surface area contributed by atoms with Gasteiger partial charge in [0.05, 0.1) is 26.5 Å². The van der Waals surface area contributed by atoms with E-state index in [2.05, 4.69) is 0 Å². The molecule has 0 radical (unpaired) electrons. The largest absolute Gasteiger partial charge is 0.495 e. The third-order valence-corrected chi connectivity index (χ3v) is 8.21. The van der Waals surface area contributed by atoms with Crippen LogP contribution >= 0.6 is 11.6 Å². The van der Waals surface area contributed by atoms with Crippen LogP contribution in [0.3, 0.4) is 0 Å². The number of piperidine rings is 1. The summed E-state index contributed by atoms with van der Waals surface area (Å²) in [5.41, 5.74) is 0.575. The molecule has 11 heteroatoms. The Kier molecular flexibility index (Phi) is 7.01. The molecule has 0 bridgehead atoms. The highest BCUT2D eigenvalue weighted by molar-refractivity contribution is 7.89. The van der Waals surface area contributed by atoms with Gasteiger partial charge in [-0.15, -0.1) is 0 Å². The fourth-order valence-corrected chi connectivity index (χ4v) is 6.14. The van der Waals surface area contributed by atoms with Crippen LogP contribution in [0.25, 0.3) is 0 Å². The Hall–Kier alpha value is -2.82. The maximum atomic E-state index is 13.5. The number of benzene rings is 2. The van der Waals surface area contributed by atoms with E-state index in [-0.39, 0.29) is 41.2 Å². The minimum Gasteiger partial charge on any atom is -0.495 e. The Morgan fingerprint density at radius 3 is 2.47 bits per heavy atom. The average molecular weight is 509 g/mol. The summed E-state index contributed by atoms with van der Waals surface area (Å²) in [6, 6.07) is 11.4. The lowest BCUT2D eigenvalue weighted by molar-refractivity contribution is -0.148. The van der Waals surface area contributed by atoms with Gasteiger partial charge in [0.2, 0.25) is 22.0 Å². The zero-order chi connectivity index (χ0) is 24.5. The van der Waals surface area contributed by atoms with E-state index >= 15 is 0 Å². The zero-order valence-electron chi connectivity index (χ0n) is 18.8. The van der Waals surface area contributed by atoms with Crippen LogP contribution in [0.4, 0.5) is 5.69 Å². The molecule has 2 heterocycles. The van der Waals surface area contributed by atoms with E-state index in [1.165, 1.54) is 35.6 Å². The molecule has 34 heavy (non-hydrogen) atoms. The number of carbonyl (C=O) groups is 2. The number of anilines is 1. The smallest absolute Gasteiger partial charge is 0.348 e. The maximum Gasteiger partial charge on any atom is 0.348 e. The Balaban J connectivity index is 1.51. The third kappa shape index (κ3) is 4.57. The van der Waals surface area contributed by atoms with Crippen LogP contribution in [-0.4, -0.2) is 64.6 Å². The van der Waals surface area contributed by atoms with Gasteiger partial charge >= 0.3 is 5.97 Å². The highest BCUT2D eigenvalue weighted by Crippen LogP contribution is 2.36. The SMILES string of the molecule is COC(=O)[C@H]1CN(C(=O)C2CCN(S(=O)(=O)c3cc(Cl)ccc3OC)CC2)c2ccccc2O1. The number of nitrogens with zero attached hydrogens (tertiary/aromatic N) is 2. The van der Waals surface area contributed by atoms with Crippen molar-refractivity contribution in [2.24, 2.45) is 5.92 Å². The molecule has 1 saturated heterocycles. The first kappa shape index (κ1) is 24.3. The van der Waals surface area contributed by atoms with Crippen LogP contribution in [0.2, 0.25) is 5.02 Å². The molecule has 1 amide bonds. The second kappa shape index (κ2) is 9.81. The molecule has 2 aromatic carbocycles. The molecule has 9 nitrogen and oxygen atoms in total. The van der Waals surface area contributed by atoms with Crippen molar-refractivity contribution in [1.82, 2.24) is 4.31 Å². The molecular formula is C23H25ClN2O7S. The Bertz CT molecular complexity index is 1200. The van der Waals surface area contributed by atoms with Crippen LogP contribution in [0.15, 0.2) is 47.4 Å². The number of rotatable bonds is 5. The van der Waals surface area contributed by atoms with Crippen molar-refractivity contribution in [3.8, 4) is 11.5 Å². The van der Waals surface area contributed by atoms with E-state index in [0.29, 0.717) is 24.3 Å². The number of hydrogen-bond donors (Lipinski definition) is 0. The highest BCUT2D eigenvalue weighted by Gasteiger charge is 2.39. The molecule has 4 rings (SSSR count). The first-order chi connectivity index (χ1) is 16.3. The minimum absolute atomic E-state index is 0.00435. The summed E-state index contributed by atoms with van der Waals surface area (Å²) >= 11 is 6.02. The van der Waals surface area contributed by atoms with Gasteiger partial charge in [-0.3, -0.25) is 4.79 Å². The van der Waals surface area contributed by atoms with Gasteiger partial charge in [0, 0.05) is 24.0 Å². The molecule has 0 spiro atoms. The van der Waals surface area contributed by atoms with Gasteiger partial charge in [-0.2, -0.15) is 4.31 Å². The lowest BCUT2D eigenvalue weighted by atomic mass is 9.95. The van der Waals surface area contributed by atoms with Crippen LogP contribution in [0.5, 0.6) is 11.5 Å². The van der Waals surface area contributed by atoms with Gasteiger partial charge in [-0.05, 0) is 43.2 Å². The summed E-state index contributed by atoms with van der Waals surface area (Å²) in [7, 11) is -1.19. The van der Waals surface area contributed by atoms with Crippen molar-refractivity contribution >= 4 is 39.2 Å². The molecule has 2 aliphatic rings. The van der Waals surface area contributed by atoms with Crippen molar-refractivity contribution in [3.05, 3.63) is 47.5 Å². The fourth-order valence-electron chi connectivity index (χ4n) is 4.25. The van der Waals surface area contributed by atoms with Crippen molar-refractivity contribution in [2.45, 2.75) is 23.8 Å². The second-order valence-corrected chi connectivity index (χ2v) is 10.4. The van der Waals surface area contributed by atoms with E-state index in [0.717, 1.165) is 0 Å². The van der Waals surface area contributed by atoms with E-state index < -0.39 is 28.0 Å². The summed E-state index contributed by atoms with van der Waals surface area (Å²) in [5, 5.41) is 0.288. The number of esters is 1. The highest BCUT2D eigenvalue weighted by atomic mass is 35.5. The summed E-state index contributed by atoms with van der Waals surface area (Å²) in [5.74, 6) is -0.519. The van der Waals surface area contributed by atoms with E-state index in [9.17, 15) is 18.0 Å². The van der Waals surface area contributed by atoms with Gasteiger partial charge in [-0.25, -0.2) is 13.2 Å².